The van der Waals surface area contributed by atoms with Crippen molar-refractivity contribution in [3.8, 4) is 0 Å². The number of rotatable bonds is 3. The van der Waals surface area contributed by atoms with Crippen LogP contribution in [0.25, 0.3) is 10.8 Å². The Morgan fingerprint density at radius 2 is 2.08 bits per heavy atom. The van der Waals surface area contributed by atoms with Gasteiger partial charge in [-0.2, -0.15) is 0 Å². The molecule has 0 saturated heterocycles. The van der Waals surface area contributed by atoms with E-state index in [1.54, 1.807) is 0 Å². The fourth-order valence-electron chi connectivity index (χ4n) is 4.25. The van der Waals surface area contributed by atoms with Crippen molar-refractivity contribution in [1.82, 2.24) is 4.90 Å². The molecule has 1 N–H and O–H groups in total. The number of nitrogens with one attached hydrogen (secondary N) is 1. The molecule has 2 aromatic rings. The second-order valence-corrected chi connectivity index (χ2v) is 6.90. The molecule has 0 spiro atoms. The second kappa shape index (κ2) is 5.76. The minimum atomic E-state index is -0.0421. The van der Waals surface area contributed by atoms with Crippen LogP contribution in [0.15, 0.2) is 24.3 Å². The minimum Gasteiger partial charge on any atom is -0.374 e. The van der Waals surface area contributed by atoms with Crippen molar-refractivity contribution in [2.75, 3.05) is 36.9 Å². The van der Waals surface area contributed by atoms with E-state index in [9.17, 15) is 9.59 Å². The van der Waals surface area contributed by atoms with Crippen LogP contribution in [0.2, 0.25) is 0 Å². The van der Waals surface area contributed by atoms with Gasteiger partial charge in [-0.05, 0) is 43.4 Å². The van der Waals surface area contributed by atoms with Gasteiger partial charge in [0, 0.05) is 43.4 Å². The third-order valence-electron chi connectivity index (χ3n) is 5.52. The Bertz CT molecular complexity index is 886. The van der Waals surface area contributed by atoms with Gasteiger partial charge in [-0.1, -0.05) is 12.1 Å². The molecule has 0 aromatic heterocycles. The molecule has 2 aliphatic heterocycles. The highest BCUT2D eigenvalue weighted by Gasteiger charge is 2.33. The van der Waals surface area contributed by atoms with Gasteiger partial charge >= 0.3 is 0 Å². The highest BCUT2D eigenvalue weighted by molar-refractivity contribution is 6.25. The van der Waals surface area contributed by atoms with Gasteiger partial charge in [0.1, 0.15) is 0 Å². The highest BCUT2D eigenvalue weighted by atomic mass is 16.2. The van der Waals surface area contributed by atoms with Gasteiger partial charge in [-0.3, -0.25) is 9.59 Å². The third kappa shape index (κ3) is 2.29. The molecule has 4 rings (SSSR count). The van der Waals surface area contributed by atoms with Crippen molar-refractivity contribution in [1.29, 1.82) is 0 Å². The molecule has 2 aliphatic rings. The molecule has 25 heavy (non-hydrogen) atoms. The van der Waals surface area contributed by atoms with Gasteiger partial charge in [0.05, 0.1) is 11.5 Å². The number of fused-ring (bicyclic) bond motifs is 2. The first-order valence-corrected chi connectivity index (χ1v) is 8.95. The number of hydrogen-bond acceptors (Lipinski definition) is 3. The van der Waals surface area contributed by atoms with E-state index in [0.29, 0.717) is 6.54 Å². The van der Waals surface area contributed by atoms with Crippen LogP contribution in [0.5, 0.6) is 0 Å². The number of hydrogen-bond donors (Lipinski definition) is 1. The summed E-state index contributed by atoms with van der Waals surface area (Å²) >= 11 is 0. The molecular formula is C20H23N3O2. The zero-order chi connectivity index (χ0) is 17.7. The van der Waals surface area contributed by atoms with Crippen LogP contribution < -0.4 is 10.2 Å². The van der Waals surface area contributed by atoms with Crippen LogP contribution in [0.4, 0.5) is 11.4 Å². The Kier molecular flexibility index (Phi) is 3.67. The predicted molar refractivity (Wildman–Crippen MR) is 100 cm³/mol. The van der Waals surface area contributed by atoms with Crippen molar-refractivity contribution in [2.45, 2.75) is 20.3 Å². The molecular weight excluding hydrogens is 314 g/mol. The molecule has 0 fully saturated rings. The summed E-state index contributed by atoms with van der Waals surface area (Å²) in [6, 6.07) is 7.97. The summed E-state index contributed by atoms with van der Waals surface area (Å²) in [6.45, 7) is 6.22. The summed E-state index contributed by atoms with van der Waals surface area (Å²) in [4.78, 5) is 29.2. The Balaban J connectivity index is 1.83. The number of carbonyl (C=O) groups excluding carboxylic acids is 2. The number of amides is 2. The summed E-state index contributed by atoms with van der Waals surface area (Å²) < 4.78 is 0. The lowest BCUT2D eigenvalue weighted by Gasteiger charge is -2.36. The lowest BCUT2D eigenvalue weighted by Crippen LogP contribution is -2.44. The molecule has 2 aromatic carbocycles. The van der Waals surface area contributed by atoms with E-state index in [4.69, 9.17) is 0 Å². The van der Waals surface area contributed by atoms with Crippen LogP contribution >= 0.6 is 0 Å². The number of anilines is 2. The van der Waals surface area contributed by atoms with Gasteiger partial charge in [0.15, 0.2) is 0 Å². The van der Waals surface area contributed by atoms with Crippen LogP contribution in [0.3, 0.4) is 0 Å². The SMILES string of the molecule is CCN(CC)C(=O)[C@@H]1Cc2c(cc3c4c(cccc24)NC3=O)N(C)C1. The van der Waals surface area contributed by atoms with Crippen LogP contribution in [0, 0.1) is 5.92 Å². The largest absolute Gasteiger partial charge is 0.374 e. The summed E-state index contributed by atoms with van der Waals surface area (Å²) in [5.74, 6) is 0.142. The van der Waals surface area contributed by atoms with Crippen molar-refractivity contribution < 1.29 is 9.59 Å². The van der Waals surface area contributed by atoms with E-state index in [1.165, 1.54) is 5.56 Å². The topological polar surface area (TPSA) is 52.7 Å². The van der Waals surface area contributed by atoms with E-state index < -0.39 is 0 Å². The zero-order valence-electron chi connectivity index (χ0n) is 14.9. The fraction of sp³-hybridized carbons (Fsp3) is 0.400. The smallest absolute Gasteiger partial charge is 0.256 e. The van der Waals surface area contributed by atoms with Gasteiger partial charge < -0.3 is 15.1 Å². The van der Waals surface area contributed by atoms with Gasteiger partial charge in [0.25, 0.3) is 5.91 Å². The predicted octanol–water partition coefficient (Wildman–Crippen LogP) is 2.88. The molecule has 5 heteroatoms. The normalized spacial score (nSPS) is 18.3. The van der Waals surface area contributed by atoms with E-state index >= 15 is 0 Å². The van der Waals surface area contributed by atoms with Crippen molar-refractivity contribution in [3.05, 3.63) is 35.4 Å². The lowest BCUT2D eigenvalue weighted by molar-refractivity contribution is -0.134. The monoisotopic (exact) mass is 337 g/mol. The first-order chi connectivity index (χ1) is 12.0. The second-order valence-electron chi connectivity index (χ2n) is 6.90. The first-order valence-electron chi connectivity index (χ1n) is 8.95. The molecule has 2 heterocycles. The maximum Gasteiger partial charge on any atom is 0.256 e. The lowest BCUT2D eigenvalue weighted by atomic mass is 9.86. The Morgan fingerprint density at radius 1 is 1.32 bits per heavy atom. The Morgan fingerprint density at radius 3 is 2.80 bits per heavy atom. The Hall–Kier alpha value is -2.56. The summed E-state index contributed by atoms with van der Waals surface area (Å²) in [7, 11) is 2.01. The molecule has 0 bridgehead atoms. The molecule has 1 atom stereocenters. The molecule has 0 aliphatic carbocycles. The van der Waals surface area contributed by atoms with Gasteiger partial charge in [-0.15, -0.1) is 0 Å². The maximum atomic E-state index is 12.9. The van der Waals surface area contributed by atoms with Crippen LogP contribution in [0.1, 0.15) is 29.8 Å². The molecule has 0 radical (unpaired) electrons. The van der Waals surface area contributed by atoms with E-state index in [1.807, 2.05) is 44.0 Å². The Labute approximate surface area is 147 Å². The highest BCUT2D eigenvalue weighted by Crippen LogP contribution is 2.42. The van der Waals surface area contributed by atoms with E-state index in [2.05, 4.69) is 16.3 Å². The van der Waals surface area contributed by atoms with Crippen LogP contribution in [-0.4, -0.2) is 43.4 Å². The van der Waals surface area contributed by atoms with Crippen LogP contribution in [-0.2, 0) is 11.2 Å². The minimum absolute atomic E-state index is 0.0382. The first kappa shape index (κ1) is 15.9. The number of nitrogens with zero attached hydrogens (tertiary/aromatic N) is 2. The standard InChI is InChI=1S/C20H23N3O2/c1-4-23(5-2)20(25)12-9-14-13-7-6-8-16-18(13)15(19(24)21-16)10-17(14)22(3)11-12/h6-8,10,12H,4-5,9,11H2,1-3H3,(H,21,24)/t12-/m1/s1. The number of benzene rings is 2. The number of carbonyl (C=O) groups is 2. The molecule has 130 valence electrons. The summed E-state index contributed by atoms with van der Waals surface area (Å²) in [5, 5.41) is 5.03. The van der Waals surface area contributed by atoms with Crippen molar-refractivity contribution >= 4 is 34.0 Å². The molecule has 0 unspecified atom stereocenters. The fourth-order valence-corrected chi connectivity index (χ4v) is 4.25. The van der Waals surface area contributed by atoms with Crippen molar-refractivity contribution in [3.63, 3.8) is 0 Å². The molecule has 5 nitrogen and oxygen atoms in total. The van der Waals surface area contributed by atoms with E-state index in [0.717, 1.165) is 47.2 Å². The quantitative estimate of drug-likeness (QED) is 0.937. The summed E-state index contributed by atoms with van der Waals surface area (Å²) in [6.07, 6.45) is 0.726. The van der Waals surface area contributed by atoms with E-state index in [-0.39, 0.29) is 17.7 Å². The van der Waals surface area contributed by atoms with Crippen molar-refractivity contribution in [2.24, 2.45) is 5.92 Å². The molecule has 2 amide bonds. The zero-order valence-corrected chi connectivity index (χ0v) is 14.9. The third-order valence-corrected chi connectivity index (χ3v) is 5.52. The maximum absolute atomic E-state index is 12.9. The van der Waals surface area contributed by atoms with Gasteiger partial charge in [0.2, 0.25) is 5.91 Å². The van der Waals surface area contributed by atoms with Gasteiger partial charge in [-0.25, -0.2) is 0 Å². The average Bonchev–Trinajstić information content (AvgIpc) is 2.93. The average molecular weight is 337 g/mol. The summed E-state index contributed by atoms with van der Waals surface area (Å²) in [5.41, 5.74) is 3.86. The molecule has 0 saturated carbocycles.